The Bertz CT molecular complexity index is 2270. The van der Waals surface area contributed by atoms with E-state index in [1.54, 1.807) is 24.3 Å². The maximum Gasteiger partial charge on any atom is 0.194 e. The minimum absolute atomic E-state index is 0. The van der Waals surface area contributed by atoms with Crippen molar-refractivity contribution in [2.45, 2.75) is 59.2 Å². The van der Waals surface area contributed by atoms with Crippen LogP contribution in [0.2, 0.25) is 19.6 Å². The van der Waals surface area contributed by atoms with Gasteiger partial charge in [0, 0.05) is 37.9 Å². The molecule has 0 amide bonds. The molecule has 0 saturated carbocycles. The van der Waals surface area contributed by atoms with Crippen LogP contribution in [0.4, 0.5) is 13.2 Å². The van der Waals surface area contributed by atoms with Crippen molar-refractivity contribution in [3.63, 3.8) is 0 Å². The zero-order chi connectivity index (χ0) is 35.6. The molecule has 3 aromatic heterocycles. The second kappa shape index (κ2) is 15.9. The van der Waals surface area contributed by atoms with Crippen molar-refractivity contribution in [2.75, 3.05) is 0 Å². The number of rotatable bonds is 7. The van der Waals surface area contributed by atoms with Crippen molar-refractivity contribution in [1.82, 2.24) is 9.97 Å². The Morgan fingerprint density at radius 2 is 1.45 bits per heavy atom. The molecule has 3 heterocycles. The fraction of sp³-hybridized carbons (Fsp3) is 0.209. The Balaban J connectivity index is 0.000000237. The van der Waals surface area contributed by atoms with Gasteiger partial charge in [0.15, 0.2) is 17.5 Å². The molecule has 263 valence electrons. The molecule has 4 aromatic carbocycles. The van der Waals surface area contributed by atoms with Crippen LogP contribution in [-0.4, -0.2) is 18.0 Å². The Kier molecular flexibility index (Phi) is 11.8. The molecule has 1 radical (unpaired) electrons. The van der Waals surface area contributed by atoms with E-state index in [9.17, 15) is 13.2 Å². The van der Waals surface area contributed by atoms with Crippen molar-refractivity contribution >= 4 is 35.2 Å². The summed E-state index contributed by atoms with van der Waals surface area (Å²) in [6, 6.07) is 31.8. The molecular weight excluding hydrogens is 838 g/mol. The van der Waals surface area contributed by atoms with Gasteiger partial charge in [0.25, 0.3) is 0 Å². The Morgan fingerprint density at radius 3 is 2.10 bits per heavy atom. The van der Waals surface area contributed by atoms with Crippen molar-refractivity contribution in [3.8, 4) is 33.6 Å². The second-order valence-electron chi connectivity index (χ2n) is 13.6. The Morgan fingerprint density at radius 1 is 0.745 bits per heavy atom. The number of pyridine rings is 2. The normalized spacial score (nSPS) is 11.4. The van der Waals surface area contributed by atoms with Gasteiger partial charge in [-0.05, 0) is 83.7 Å². The third-order valence-electron chi connectivity index (χ3n) is 9.14. The molecule has 0 saturated heterocycles. The number of halogens is 3. The molecule has 0 aliphatic heterocycles. The van der Waals surface area contributed by atoms with Crippen LogP contribution in [-0.2, 0) is 20.1 Å². The van der Waals surface area contributed by atoms with Crippen LogP contribution in [0, 0.1) is 36.5 Å². The van der Waals surface area contributed by atoms with E-state index in [4.69, 9.17) is 4.42 Å². The van der Waals surface area contributed by atoms with Gasteiger partial charge in [-0.3, -0.25) is 0 Å². The van der Waals surface area contributed by atoms with Crippen LogP contribution in [0.1, 0.15) is 43.7 Å². The van der Waals surface area contributed by atoms with Crippen LogP contribution in [0.3, 0.4) is 0 Å². The number of benzene rings is 4. The van der Waals surface area contributed by atoms with E-state index in [1.165, 1.54) is 16.3 Å². The molecule has 3 nitrogen and oxygen atoms in total. The van der Waals surface area contributed by atoms with E-state index in [1.807, 2.05) is 30.5 Å². The third-order valence-corrected chi connectivity index (χ3v) is 11.3. The molecule has 7 aromatic rings. The predicted molar refractivity (Wildman–Crippen MR) is 201 cm³/mol. The first kappa shape index (κ1) is 37.9. The van der Waals surface area contributed by atoms with E-state index in [2.05, 4.69) is 93.0 Å². The summed E-state index contributed by atoms with van der Waals surface area (Å²) in [5.41, 5.74) is 8.46. The average Bonchev–Trinajstić information content (AvgIpc) is 3.48. The van der Waals surface area contributed by atoms with E-state index < -0.39 is 25.5 Å². The predicted octanol–water partition coefficient (Wildman–Crippen LogP) is 11.8. The van der Waals surface area contributed by atoms with Gasteiger partial charge in [0.1, 0.15) is 5.58 Å². The van der Waals surface area contributed by atoms with Crippen LogP contribution < -0.4 is 5.19 Å². The molecule has 0 fully saturated rings. The van der Waals surface area contributed by atoms with Crippen molar-refractivity contribution < 1.29 is 37.7 Å². The molecule has 0 unspecified atom stereocenters. The largest absolute Gasteiger partial charge is 0.500 e. The minimum Gasteiger partial charge on any atom is -0.500 e. The number of fused-ring (bicyclic) bond motifs is 3. The monoisotopic (exact) mass is 877 g/mol. The first-order valence-corrected chi connectivity index (χ1v) is 20.4. The number of furan rings is 1. The van der Waals surface area contributed by atoms with Gasteiger partial charge < -0.3 is 14.4 Å². The molecule has 0 N–H and O–H groups in total. The summed E-state index contributed by atoms with van der Waals surface area (Å²) < 4.78 is 46.9. The van der Waals surface area contributed by atoms with E-state index >= 15 is 0 Å². The maximum absolute atomic E-state index is 13.8. The summed E-state index contributed by atoms with van der Waals surface area (Å²) in [5.74, 6) is -3.44. The molecular formula is C43H39F3IrN2OSi-2. The number of nitrogens with zero attached hydrogens (tertiary/aromatic N) is 2. The summed E-state index contributed by atoms with van der Waals surface area (Å²) in [6.07, 6.45) is 5.99. The van der Waals surface area contributed by atoms with Gasteiger partial charge in [-0.2, -0.15) is 0 Å². The van der Waals surface area contributed by atoms with Crippen molar-refractivity contribution in [2.24, 2.45) is 0 Å². The van der Waals surface area contributed by atoms with Gasteiger partial charge in [-0.1, -0.05) is 68.2 Å². The molecule has 0 aliphatic carbocycles. The number of aromatic nitrogens is 2. The van der Waals surface area contributed by atoms with Crippen LogP contribution in [0.15, 0.2) is 102 Å². The zero-order valence-electron chi connectivity index (χ0n) is 29.5. The Hall–Kier alpha value is -4.36. The fourth-order valence-electron chi connectivity index (χ4n) is 6.42. The quantitative estimate of drug-likeness (QED) is 0.0910. The third kappa shape index (κ3) is 8.25. The molecule has 0 atom stereocenters. The van der Waals surface area contributed by atoms with E-state index in [0.717, 1.165) is 58.3 Å². The smallest absolute Gasteiger partial charge is 0.194 e. The van der Waals surface area contributed by atoms with Crippen LogP contribution >= 0.6 is 0 Å². The number of hydrogen-bond donors (Lipinski definition) is 0. The molecule has 0 spiro atoms. The standard InChI is InChI=1S/C28H21F3NO.C15H18NSi.Ir/c1-3-16(4-2)18-9-10-32-25(15-18)19-6-8-27-22(12-19)21-11-17(5-7-26(21)33-27)20-13-23(29)28(31)24(30)14-20;1-12-10-14(13-8-6-5-7-9-13)16-11-15(12)17(2,3)4;/h5,7-16H,3-4H2,1-2H3;5-8,10-11H,1-4H3;/q2*-1;. The van der Waals surface area contributed by atoms with E-state index in [-0.39, 0.29) is 25.7 Å². The maximum atomic E-state index is 13.8. The molecule has 0 bridgehead atoms. The van der Waals surface area contributed by atoms with E-state index in [0.29, 0.717) is 22.6 Å². The fourth-order valence-corrected chi connectivity index (χ4v) is 8.13. The topological polar surface area (TPSA) is 38.9 Å². The molecule has 51 heavy (non-hydrogen) atoms. The SMILES string of the molecule is CCC(CC)c1ccnc(-c2[c-]cc3oc4ccc(-c5cc(F)c(F)c(F)c5)cc4c3c2)c1.Cc1cc(-c2[c-]cccc2)ncc1[Si](C)(C)C.[Ir]. The van der Waals surface area contributed by atoms with Gasteiger partial charge in [-0.25, -0.2) is 13.2 Å². The first-order valence-electron chi connectivity index (χ1n) is 16.9. The van der Waals surface area contributed by atoms with Crippen LogP contribution in [0.5, 0.6) is 0 Å². The summed E-state index contributed by atoms with van der Waals surface area (Å²) in [4.78, 5) is 9.12. The Labute approximate surface area is 312 Å². The summed E-state index contributed by atoms with van der Waals surface area (Å²) in [6.45, 7) is 13.6. The first-order chi connectivity index (χ1) is 24.0. The zero-order valence-corrected chi connectivity index (χ0v) is 32.9. The summed E-state index contributed by atoms with van der Waals surface area (Å²) >= 11 is 0. The minimum atomic E-state index is -1.48. The summed E-state index contributed by atoms with van der Waals surface area (Å²) in [7, 11) is -1.27. The second-order valence-corrected chi connectivity index (χ2v) is 18.6. The summed E-state index contributed by atoms with van der Waals surface area (Å²) in [5, 5.41) is 3.08. The average molecular weight is 877 g/mol. The van der Waals surface area contributed by atoms with Crippen molar-refractivity contribution in [1.29, 1.82) is 0 Å². The van der Waals surface area contributed by atoms with Crippen LogP contribution in [0.25, 0.3) is 55.6 Å². The number of hydrogen-bond acceptors (Lipinski definition) is 3. The van der Waals surface area contributed by atoms with Gasteiger partial charge >= 0.3 is 0 Å². The number of aryl methyl sites for hydroxylation is 1. The van der Waals surface area contributed by atoms with Crippen molar-refractivity contribution in [3.05, 3.63) is 138 Å². The molecule has 7 rings (SSSR count). The molecule has 8 heteroatoms. The van der Waals surface area contributed by atoms with Gasteiger partial charge in [0.05, 0.1) is 13.7 Å². The molecule has 0 aliphatic rings. The van der Waals surface area contributed by atoms with Gasteiger partial charge in [0.2, 0.25) is 0 Å². The van der Waals surface area contributed by atoms with Gasteiger partial charge in [-0.15, -0.1) is 59.7 Å².